The van der Waals surface area contributed by atoms with E-state index in [9.17, 15) is 4.79 Å². The minimum Gasteiger partial charge on any atom is -0.481 e. The smallest absolute Gasteiger partial charge is 0.303 e. The standard InChI is InChI=1S/C6H13O2P/c1-6(2,9)4-3-5(7)8/h3-4,9H2,1-2H3,(H,7,8). The third-order valence-corrected chi connectivity index (χ3v) is 1.27. The first-order valence-electron chi connectivity index (χ1n) is 2.92. The average molecular weight is 148 g/mol. The van der Waals surface area contributed by atoms with E-state index >= 15 is 0 Å². The van der Waals surface area contributed by atoms with Crippen LogP contribution in [0.2, 0.25) is 0 Å². The molecule has 3 heteroatoms. The largest absolute Gasteiger partial charge is 0.481 e. The zero-order valence-corrected chi connectivity index (χ0v) is 7.00. The highest BCUT2D eigenvalue weighted by Crippen LogP contribution is 2.21. The zero-order valence-electron chi connectivity index (χ0n) is 5.85. The monoisotopic (exact) mass is 148 g/mol. The summed E-state index contributed by atoms with van der Waals surface area (Å²) in [6, 6.07) is 0. The van der Waals surface area contributed by atoms with Crippen LogP contribution in [0, 0.1) is 0 Å². The molecule has 0 aliphatic heterocycles. The summed E-state index contributed by atoms with van der Waals surface area (Å²) in [5, 5.41) is 8.34. The Morgan fingerprint density at radius 3 is 2.22 bits per heavy atom. The van der Waals surface area contributed by atoms with Crippen LogP contribution in [0.1, 0.15) is 26.7 Å². The van der Waals surface area contributed by atoms with Gasteiger partial charge in [-0.15, -0.1) is 9.24 Å². The summed E-state index contributed by atoms with van der Waals surface area (Å²) < 4.78 is 0. The Morgan fingerprint density at radius 2 is 2.11 bits per heavy atom. The predicted octanol–water partition coefficient (Wildman–Crippen LogP) is 1.50. The maximum Gasteiger partial charge on any atom is 0.303 e. The number of hydrogen-bond acceptors (Lipinski definition) is 1. The summed E-state index contributed by atoms with van der Waals surface area (Å²) in [5.74, 6) is -0.717. The maximum atomic E-state index is 10.0. The summed E-state index contributed by atoms with van der Waals surface area (Å²) >= 11 is 0. The molecule has 0 spiro atoms. The summed E-state index contributed by atoms with van der Waals surface area (Å²) in [5.41, 5.74) is 0. The van der Waals surface area contributed by atoms with Gasteiger partial charge in [0.05, 0.1) is 0 Å². The highest BCUT2D eigenvalue weighted by Gasteiger charge is 2.11. The van der Waals surface area contributed by atoms with Crippen molar-refractivity contribution in [2.24, 2.45) is 0 Å². The molecule has 2 nitrogen and oxygen atoms in total. The molecule has 54 valence electrons. The Labute approximate surface area is 57.8 Å². The van der Waals surface area contributed by atoms with E-state index in [1.165, 1.54) is 0 Å². The molecular weight excluding hydrogens is 135 g/mol. The van der Waals surface area contributed by atoms with Gasteiger partial charge in [-0.3, -0.25) is 4.79 Å². The van der Waals surface area contributed by atoms with Gasteiger partial charge in [0.15, 0.2) is 0 Å². The molecule has 0 rings (SSSR count). The Hall–Kier alpha value is -0.100. The Morgan fingerprint density at radius 1 is 1.67 bits per heavy atom. The number of carboxylic acids is 1. The first-order valence-corrected chi connectivity index (χ1v) is 3.50. The van der Waals surface area contributed by atoms with Crippen molar-refractivity contribution in [1.29, 1.82) is 0 Å². The second-order valence-electron chi connectivity index (χ2n) is 2.88. The van der Waals surface area contributed by atoms with Gasteiger partial charge >= 0.3 is 5.97 Å². The fourth-order valence-electron chi connectivity index (χ4n) is 0.429. The first-order chi connectivity index (χ1) is 3.92. The second kappa shape index (κ2) is 3.17. The molecule has 0 radical (unpaired) electrons. The second-order valence-corrected chi connectivity index (χ2v) is 4.45. The highest BCUT2D eigenvalue weighted by molar-refractivity contribution is 7.18. The lowest BCUT2D eigenvalue weighted by atomic mass is 10.1. The van der Waals surface area contributed by atoms with Gasteiger partial charge in [0.25, 0.3) is 0 Å². The zero-order chi connectivity index (χ0) is 7.49. The molecule has 0 aromatic heterocycles. The Bertz CT molecular complexity index is 104. The van der Waals surface area contributed by atoms with Gasteiger partial charge in [0.2, 0.25) is 0 Å². The van der Waals surface area contributed by atoms with Crippen LogP contribution in [0.25, 0.3) is 0 Å². The van der Waals surface area contributed by atoms with E-state index in [0.29, 0.717) is 6.42 Å². The van der Waals surface area contributed by atoms with Crippen molar-refractivity contribution in [2.45, 2.75) is 31.8 Å². The van der Waals surface area contributed by atoms with Gasteiger partial charge < -0.3 is 5.11 Å². The predicted molar refractivity (Wildman–Crippen MR) is 40.7 cm³/mol. The van der Waals surface area contributed by atoms with E-state index in [4.69, 9.17) is 5.11 Å². The first kappa shape index (κ1) is 8.90. The van der Waals surface area contributed by atoms with Gasteiger partial charge in [0, 0.05) is 6.42 Å². The Balaban J connectivity index is 3.39. The van der Waals surface area contributed by atoms with Gasteiger partial charge in [-0.05, 0) is 11.6 Å². The van der Waals surface area contributed by atoms with Gasteiger partial charge in [-0.25, -0.2) is 0 Å². The van der Waals surface area contributed by atoms with Crippen LogP contribution in [-0.2, 0) is 4.79 Å². The number of rotatable bonds is 3. The third-order valence-electron chi connectivity index (χ3n) is 0.983. The molecule has 0 heterocycles. The summed E-state index contributed by atoms with van der Waals surface area (Å²) in [6.45, 7) is 4.00. The summed E-state index contributed by atoms with van der Waals surface area (Å²) in [7, 11) is 2.62. The number of hydrogen-bond donors (Lipinski definition) is 1. The minimum absolute atomic E-state index is 0.0678. The van der Waals surface area contributed by atoms with Crippen molar-refractivity contribution in [3.05, 3.63) is 0 Å². The van der Waals surface area contributed by atoms with Crippen LogP contribution in [0.4, 0.5) is 0 Å². The van der Waals surface area contributed by atoms with Crippen molar-refractivity contribution in [1.82, 2.24) is 0 Å². The fraction of sp³-hybridized carbons (Fsp3) is 0.833. The number of carboxylic acid groups (broad SMARTS) is 1. The molecular formula is C6H13O2P. The molecule has 0 aliphatic rings. The van der Waals surface area contributed by atoms with Gasteiger partial charge in [0.1, 0.15) is 0 Å². The minimum atomic E-state index is -0.717. The van der Waals surface area contributed by atoms with E-state index < -0.39 is 5.97 Å². The molecule has 0 aromatic rings. The normalized spacial score (nSPS) is 11.4. The number of carbonyl (C=O) groups is 1. The van der Waals surface area contributed by atoms with Crippen LogP contribution in [-0.4, -0.2) is 16.2 Å². The molecule has 1 atom stereocenters. The molecule has 0 fully saturated rings. The molecule has 1 N–H and O–H groups in total. The SMILES string of the molecule is CC(C)(P)CCC(=O)O. The van der Waals surface area contributed by atoms with Crippen molar-refractivity contribution < 1.29 is 9.90 Å². The highest BCUT2D eigenvalue weighted by atomic mass is 31.0. The molecule has 0 saturated carbocycles. The van der Waals surface area contributed by atoms with E-state index in [1.807, 2.05) is 13.8 Å². The van der Waals surface area contributed by atoms with E-state index in [2.05, 4.69) is 9.24 Å². The van der Waals surface area contributed by atoms with E-state index in [1.54, 1.807) is 0 Å². The quantitative estimate of drug-likeness (QED) is 0.616. The topological polar surface area (TPSA) is 37.3 Å². The van der Waals surface area contributed by atoms with Crippen LogP contribution >= 0.6 is 9.24 Å². The lowest BCUT2D eigenvalue weighted by Crippen LogP contribution is -2.11. The molecule has 0 bridgehead atoms. The summed E-state index contributed by atoms with van der Waals surface area (Å²) in [6.07, 6.45) is 0.976. The lowest BCUT2D eigenvalue weighted by molar-refractivity contribution is -0.137. The van der Waals surface area contributed by atoms with Crippen molar-refractivity contribution >= 4 is 15.2 Å². The molecule has 9 heavy (non-hydrogen) atoms. The van der Waals surface area contributed by atoms with Crippen LogP contribution in [0.5, 0.6) is 0 Å². The molecule has 0 saturated heterocycles. The van der Waals surface area contributed by atoms with Crippen LogP contribution in [0.15, 0.2) is 0 Å². The van der Waals surface area contributed by atoms with Gasteiger partial charge in [-0.2, -0.15) is 0 Å². The van der Waals surface area contributed by atoms with Crippen molar-refractivity contribution in [3.63, 3.8) is 0 Å². The molecule has 0 amide bonds. The van der Waals surface area contributed by atoms with Crippen LogP contribution < -0.4 is 0 Å². The lowest BCUT2D eigenvalue weighted by Gasteiger charge is -2.15. The third kappa shape index (κ3) is 7.90. The molecule has 1 unspecified atom stereocenters. The van der Waals surface area contributed by atoms with Gasteiger partial charge in [-0.1, -0.05) is 13.8 Å². The van der Waals surface area contributed by atoms with Crippen molar-refractivity contribution in [3.8, 4) is 0 Å². The maximum absolute atomic E-state index is 10.0. The van der Waals surface area contributed by atoms with E-state index in [0.717, 1.165) is 0 Å². The number of aliphatic carboxylic acids is 1. The average Bonchev–Trinajstić information content (AvgIpc) is 1.59. The molecule has 0 aliphatic carbocycles. The van der Waals surface area contributed by atoms with E-state index in [-0.39, 0.29) is 11.6 Å². The Kier molecular flexibility index (Phi) is 3.13. The molecule has 0 aromatic carbocycles. The fourth-order valence-corrected chi connectivity index (χ4v) is 0.573. The van der Waals surface area contributed by atoms with Crippen LogP contribution in [0.3, 0.4) is 0 Å². The summed E-state index contributed by atoms with van der Waals surface area (Å²) in [4.78, 5) is 10.0. The van der Waals surface area contributed by atoms with Crippen molar-refractivity contribution in [2.75, 3.05) is 0 Å².